The van der Waals surface area contributed by atoms with Crippen molar-refractivity contribution in [3.63, 3.8) is 0 Å². The Kier molecular flexibility index (Phi) is 2.41. The van der Waals surface area contributed by atoms with E-state index in [9.17, 15) is 9.59 Å². The van der Waals surface area contributed by atoms with Crippen molar-refractivity contribution in [1.82, 2.24) is 0 Å². The van der Waals surface area contributed by atoms with E-state index >= 15 is 0 Å². The number of hydrogen-bond donors (Lipinski definition) is 3. The molecule has 0 saturated carbocycles. The molecule has 0 bridgehead atoms. The highest BCUT2D eigenvalue weighted by molar-refractivity contribution is 5.91. The molecule has 0 aliphatic carbocycles. The van der Waals surface area contributed by atoms with Crippen molar-refractivity contribution in [2.24, 2.45) is 0 Å². The number of aliphatic hydroxyl groups is 3. The molecule has 0 radical (unpaired) electrons. The van der Waals surface area contributed by atoms with E-state index in [0.717, 1.165) is 0 Å². The van der Waals surface area contributed by atoms with Crippen molar-refractivity contribution in [3.8, 4) is 0 Å². The second-order valence-corrected chi connectivity index (χ2v) is 2.42. The molecule has 1 saturated heterocycles. The predicted octanol–water partition coefficient (Wildman–Crippen LogP) is -2.81. The smallest absolute Gasteiger partial charge is 0.338 e. The number of hydrogen-bond acceptors (Lipinski definition) is 6. The van der Waals surface area contributed by atoms with Gasteiger partial charge in [-0.3, -0.25) is 4.79 Å². The van der Waals surface area contributed by atoms with Gasteiger partial charge >= 0.3 is 5.97 Å². The van der Waals surface area contributed by atoms with Crippen LogP contribution in [0.25, 0.3) is 0 Å². The van der Waals surface area contributed by atoms with E-state index in [1.54, 1.807) is 0 Å². The number of carbonyl (C=O) groups is 2. The van der Waals surface area contributed by atoms with Gasteiger partial charge in [0.25, 0.3) is 0 Å². The highest BCUT2D eigenvalue weighted by Gasteiger charge is 2.45. The summed E-state index contributed by atoms with van der Waals surface area (Å²) >= 11 is 0. The summed E-state index contributed by atoms with van der Waals surface area (Å²) in [5.41, 5.74) is 0. The molecule has 6 heteroatoms. The van der Waals surface area contributed by atoms with E-state index in [1.165, 1.54) is 0 Å². The number of ether oxygens (including phenoxy) is 1. The zero-order chi connectivity index (χ0) is 9.30. The van der Waals surface area contributed by atoms with Gasteiger partial charge < -0.3 is 20.1 Å². The number of esters is 1. The second kappa shape index (κ2) is 3.18. The molecule has 1 fully saturated rings. The first kappa shape index (κ1) is 9.11. The fourth-order valence-corrected chi connectivity index (χ4v) is 0.916. The lowest BCUT2D eigenvalue weighted by atomic mass is 10.1. The Morgan fingerprint density at radius 2 is 2.08 bits per heavy atom. The summed E-state index contributed by atoms with van der Waals surface area (Å²) in [5, 5.41) is 26.2. The van der Waals surface area contributed by atoms with Gasteiger partial charge in [-0.25, -0.2) is 4.79 Å². The molecule has 0 aromatic heterocycles. The van der Waals surface area contributed by atoms with Crippen LogP contribution in [0.5, 0.6) is 0 Å². The Labute approximate surface area is 67.4 Å². The van der Waals surface area contributed by atoms with Crippen molar-refractivity contribution in [1.29, 1.82) is 0 Å². The molecule has 68 valence electrons. The normalized spacial score (nSPS) is 34.9. The molecular formula is C6H8O6. The van der Waals surface area contributed by atoms with Gasteiger partial charge in [-0.05, 0) is 0 Å². The van der Waals surface area contributed by atoms with Crippen LogP contribution in [0.15, 0.2) is 0 Å². The van der Waals surface area contributed by atoms with Gasteiger partial charge in [-0.15, -0.1) is 0 Å². The number of aliphatic hydroxyl groups excluding tert-OH is 3. The maximum absolute atomic E-state index is 10.7. The fourth-order valence-electron chi connectivity index (χ4n) is 0.916. The van der Waals surface area contributed by atoms with E-state index < -0.39 is 36.7 Å². The van der Waals surface area contributed by atoms with Crippen LogP contribution in [0.3, 0.4) is 0 Å². The summed E-state index contributed by atoms with van der Waals surface area (Å²) in [5.74, 6) is -1.87. The molecule has 0 aromatic carbocycles. The molecule has 1 aliphatic heterocycles. The average Bonchev–Trinajstić information content (AvgIpc) is 2.32. The van der Waals surface area contributed by atoms with E-state index in [0.29, 0.717) is 0 Å². The SMILES string of the molecule is O=C1OC(C(=O)CO)C(O)C1O. The van der Waals surface area contributed by atoms with Gasteiger partial charge in [0.05, 0.1) is 0 Å². The van der Waals surface area contributed by atoms with Gasteiger partial charge in [0.15, 0.2) is 12.2 Å². The monoisotopic (exact) mass is 176 g/mol. The minimum Gasteiger partial charge on any atom is -0.449 e. The predicted molar refractivity (Wildman–Crippen MR) is 34.0 cm³/mol. The molecular weight excluding hydrogens is 168 g/mol. The third-order valence-electron chi connectivity index (χ3n) is 1.59. The number of ketones is 1. The molecule has 0 spiro atoms. The van der Waals surface area contributed by atoms with E-state index in [2.05, 4.69) is 4.74 Å². The molecule has 3 unspecified atom stereocenters. The topological polar surface area (TPSA) is 104 Å². The van der Waals surface area contributed by atoms with Gasteiger partial charge in [-0.1, -0.05) is 0 Å². The fraction of sp³-hybridized carbons (Fsp3) is 0.667. The minimum atomic E-state index is -1.69. The van der Waals surface area contributed by atoms with Crippen molar-refractivity contribution in [3.05, 3.63) is 0 Å². The van der Waals surface area contributed by atoms with E-state index in [1.807, 2.05) is 0 Å². The quantitative estimate of drug-likeness (QED) is 0.392. The van der Waals surface area contributed by atoms with Crippen LogP contribution in [0.1, 0.15) is 0 Å². The van der Waals surface area contributed by atoms with Crippen LogP contribution >= 0.6 is 0 Å². The molecule has 3 N–H and O–H groups in total. The second-order valence-electron chi connectivity index (χ2n) is 2.42. The zero-order valence-electron chi connectivity index (χ0n) is 6.01. The van der Waals surface area contributed by atoms with E-state index in [-0.39, 0.29) is 0 Å². The highest BCUT2D eigenvalue weighted by atomic mass is 16.6. The molecule has 1 heterocycles. The Hall–Kier alpha value is -0.980. The summed E-state index contributed by atoms with van der Waals surface area (Å²) in [6.07, 6.45) is -4.69. The molecule has 1 rings (SSSR count). The lowest BCUT2D eigenvalue weighted by molar-refractivity contribution is -0.152. The summed E-state index contributed by atoms with van der Waals surface area (Å²) in [7, 11) is 0. The molecule has 12 heavy (non-hydrogen) atoms. The van der Waals surface area contributed by atoms with Crippen molar-refractivity contribution < 1.29 is 29.6 Å². The summed E-state index contributed by atoms with van der Waals surface area (Å²) in [4.78, 5) is 21.3. The van der Waals surface area contributed by atoms with Gasteiger partial charge in [0, 0.05) is 0 Å². The number of cyclic esters (lactones) is 1. The van der Waals surface area contributed by atoms with Gasteiger partial charge in [-0.2, -0.15) is 0 Å². The van der Waals surface area contributed by atoms with Crippen LogP contribution in [-0.4, -0.2) is 52.0 Å². The maximum Gasteiger partial charge on any atom is 0.338 e. The molecule has 1 aliphatic rings. The van der Waals surface area contributed by atoms with Crippen LogP contribution in [0.2, 0.25) is 0 Å². The Bertz CT molecular complexity index is 212. The maximum atomic E-state index is 10.7. The first-order valence-electron chi connectivity index (χ1n) is 3.28. The molecule has 3 atom stereocenters. The third-order valence-corrected chi connectivity index (χ3v) is 1.59. The highest BCUT2D eigenvalue weighted by Crippen LogP contribution is 2.16. The summed E-state index contributed by atoms with van der Waals surface area (Å²) < 4.78 is 4.29. The van der Waals surface area contributed by atoms with Crippen molar-refractivity contribution in [2.75, 3.05) is 6.61 Å². The number of Topliss-reactive ketones (excluding diaryl/α,β-unsaturated/α-hetero) is 1. The number of rotatable bonds is 2. The first-order valence-corrected chi connectivity index (χ1v) is 3.28. The zero-order valence-corrected chi connectivity index (χ0v) is 6.01. The number of carbonyl (C=O) groups excluding carboxylic acids is 2. The molecule has 0 aromatic rings. The molecule has 6 nitrogen and oxygen atoms in total. The van der Waals surface area contributed by atoms with Crippen LogP contribution in [0, 0.1) is 0 Å². The van der Waals surface area contributed by atoms with Crippen LogP contribution < -0.4 is 0 Å². The van der Waals surface area contributed by atoms with E-state index in [4.69, 9.17) is 15.3 Å². The largest absolute Gasteiger partial charge is 0.449 e. The van der Waals surface area contributed by atoms with Crippen molar-refractivity contribution >= 4 is 11.8 Å². The third kappa shape index (κ3) is 1.31. The van der Waals surface area contributed by atoms with Crippen LogP contribution in [0.4, 0.5) is 0 Å². The van der Waals surface area contributed by atoms with Crippen LogP contribution in [-0.2, 0) is 14.3 Å². The minimum absolute atomic E-state index is 0.826. The Morgan fingerprint density at radius 3 is 2.42 bits per heavy atom. The van der Waals surface area contributed by atoms with Crippen molar-refractivity contribution in [2.45, 2.75) is 18.3 Å². The van der Waals surface area contributed by atoms with Gasteiger partial charge in [0.1, 0.15) is 12.7 Å². The lowest BCUT2D eigenvalue weighted by Gasteiger charge is -2.09. The first-order chi connectivity index (χ1) is 5.57. The summed E-state index contributed by atoms with van der Waals surface area (Å²) in [6, 6.07) is 0. The standard InChI is InChI=1S/C6H8O6/c7-1-2(8)5-3(9)4(10)6(11)12-5/h3-5,7,9-10H,1H2. The lowest BCUT2D eigenvalue weighted by Crippen LogP contribution is -2.37. The summed E-state index contributed by atoms with van der Waals surface area (Å²) in [6.45, 7) is -0.832. The average molecular weight is 176 g/mol. The Morgan fingerprint density at radius 1 is 1.50 bits per heavy atom. The Balaban J connectivity index is 2.70. The molecule has 0 amide bonds. The van der Waals surface area contributed by atoms with Gasteiger partial charge in [0.2, 0.25) is 5.78 Å².